The average Bonchev–Trinajstić information content (AvgIpc) is 3.10. The zero-order valence-electron chi connectivity index (χ0n) is 11.1. The highest BCUT2D eigenvalue weighted by Crippen LogP contribution is 2.28. The largest absolute Gasteiger partial charge is 0.350 e. The summed E-state index contributed by atoms with van der Waals surface area (Å²) < 4.78 is 0. The minimum absolute atomic E-state index is 0.284. The lowest BCUT2D eigenvalue weighted by Gasteiger charge is -2.20. The molecule has 1 atom stereocenters. The van der Waals surface area contributed by atoms with Crippen LogP contribution in [0.1, 0.15) is 32.1 Å². The summed E-state index contributed by atoms with van der Waals surface area (Å²) in [6.07, 6.45) is 9.02. The van der Waals surface area contributed by atoms with Crippen molar-refractivity contribution in [1.29, 1.82) is 0 Å². The van der Waals surface area contributed by atoms with E-state index in [9.17, 15) is 4.79 Å². The van der Waals surface area contributed by atoms with Gasteiger partial charge < -0.3 is 10.2 Å². The fourth-order valence-corrected chi connectivity index (χ4v) is 3.07. The Morgan fingerprint density at radius 1 is 1.21 bits per heavy atom. The van der Waals surface area contributed by atoms with Crippen molar-refractivity contribution in [3.8, 4) is 0 Å². The molecule has 2 heterocycles. The summed E-state index contributed by atoms with van der Waals surface area (Å²) in [5.41, 5.74) is 0. The molecule has 0 aromatic carbocycles. The highest BCUT2D eigenvalue weighted by molar-refractivity contribution is 5.79. The second-order valence-electron chi connectivity index (χ2n) is 5.47. The van der Waals surface area contributed by atoms with Crippen molar-refractivity contribution < 1.29 is 4.79 Å². The SMILES string of the molecule is O=C(C1CCCC1)N1CCC(Nc2ncccn2)C1. The standard InChI is InChI=1S/C14H20N4O/c19-13(11-4-1-2-5-11)18-9-6-12(10-18)17-14-15-7-3-8-16-14/h3,7-8,11-12H,1-2,4-6,9-10H2,(H,15,16,17). The molecule has 1 saturated heterocycles. The van der Waals surface area contributed by atoms with Crippen molar-refractivity contribution in [1.82, 2.24) is 14.9 Å². The smallest absolute Gasteiger partial charge is 0.225 e. The molecule has 2 fully saturated rings. The molecule has 1 aromatic heterocycles. The third kappa shape index (κ3) is 2.85. The van der Waals surface area contributed by atoms with E-state index in [-0.39, 0.29) is 12.0 Å². The molecule has 1 N–H and O–H groups in total. The number of amides is 1. The molecule has 1 aliphatic heterocycles. The van der Waals surface area contributed by atoms with E-state index in [1.807, 2.05) is 4.90 Å². The number of rotatable bonds is 3. The van der Waals surface area contributed by atoms with Crippen LogP contribution in [0.25, 0.3) is 0 Å². The average molecular weight is 260 g/mol. The second-order valence-corrected chi connectivity index (χ2v) is 5.47. The van der Waals surface area contributed by atoms with Gasteiger partial charge >= 0.3 is 0 Å². The molecule has 5 nitrogen and oxygen atoms in total. The van der Waals surface area contributed by atoms with Crippen molar-refractivity contribution in [3.05, 3.63) is 18.5 Å². The first-order valence-corrected chi connectivity index (χ1v) is 7.15. The van der Waals surface area contributed by atoms with Crippen LogP contribution < -0.4 is 5.32 Å². The van der Waals surface area contributed by atoms with Gasteiger partial charge in [0.25, 0.3) is 0 Å². The first-order chi connectivity index (χ1) is 9.33. The van der Waals surface area contributed by atoms with Gasteiger partial charge in [-0.2, -0.15) is 0 Å². The molecule has 0 radical (unpaired) electrons. The molecule has 1 aromatic rings. The van der Waals surface area contributed by atoms with Gasteiger partial charge in [0, 0.05) is 37.4 Å². The maximum Gasteiger partial charge on any atom is 0.225 e. The van der Waals surface area contributed by atoms with Crippen molar-refractivity contribution in [2.24, 2.45) is 5.92 Å². The monoisotopic (exact) mass is 260 g/mol. The molecule has 19 heavy (non-hydrogen) atoms. The Labute approximate surface area is 113 Å². The maximum atomic E-state index is 12.3. The van der Waals surface area contributed by atoms with Gasteiger partial charge in [0.15, 0.2) is 0 Å². The minimum Gasteiger partial charge on any atom is -0.350 e. The van der Waals surface area contributed by atoms with Gasteiger partial charge in [-0.3, -0.25) is 4.79 Å². The molecule has 0 bridgehead atoms. The molecule has 102 valence electrons. The number of carbonyl (C=O) groups excluding carboxylic acids is 1. The van der Waals surface area contributed by atoms with Crippen LogP contribution in [0.4, 0.5) is 5.95 Å². The van der Waals surface area contributed by atoms with Crippen molar-refractivity contribution in [3.63, 3.8) is 0 Å². The number of aromatic nitrogens is 2. The second kappa shape index (κ2) is 5.55. The van der Waals surface area contributed by atoms with Crippen LogP contribution in [0.3, 0.4) is 0 Å². The van der Waals surface area contributed by atoms with Crippen LogP contribution in [0.2, 0.25) is 0 Å². The highest BCUT2D eigenvalue weighted by atomic mass is 16.2. The Kier molecular flexibility index (Phi) is 3.62. The first-order valence-electron chi connectivity index (χ1n) is 7.15. The first kappa shape index (κ1) is 12.4. The minimum atomic E-state index is 0.284. The zero-order valence-corrected chi connectivity index (χ0v) is 11.1. The van der Waals surface area contributed by atoms with Gasteiger partial charge in [-0.05, 0) is 25.3 Å². The third-order valence-electron chi connectivity index (χ3n) is 4.10. The fraction of sp³-hybridized carbons (Fsp3) is 0.643. The fourth-order valence-electron chi connectivity index (χ4n) is 3.07. The summed E-state index contributed by atoms with van der Waals surface area (Å²) in [5, 5.41) is 3.30. The molecular formula is C14H20N4O. The van der Waals surface area contributed by atoms with Crippen molar-refractivity contribution in [2.45, 2.75) is 38.1 Å². The van der Waals surface area contributed by atoms with E-state index in [1.54, 1.807) is 18.5 Å². The number of carbonyl (C=O) groups is 1. The van der Waals surface area contributed by atoms with Crippen LogP contribution in [-0.2, 0) is 4.79 Å². The van der Waals surface area contributed by atoms with E-state index < -0.39 is 0 Å². The molecule has 5 heteroatoms. The van der Waals surface area contributed by atoms with Crippen molar-refractivity contribution in [2.75, 3.05) is 18.4 Å². The van der Waals surface area contributed by atoms with E-state index >= 15 is 0 Å². The molecule has 0 spiro atoms. The van der Waals surface area contributed by atoms with Gasteiger partial charge in [-0.25, -0.2) is 9.97 Å². The molecule has 1 unspecified atom stereocenters. The summed E-state index contributed by atoms with van der Waals surface area (Å²) in [5.74, 6) is 1.30. The number of nitrogens with one attached hydrogen (secondary N) is 1. The summed E-state index contributed by atoms with van der Waals surface area (Å²) in [7, 11) is 0. The van der Waals surface area contributed by atoms with Crippen LogP contribution in [-0.4, -0.2) is 39.9 Å². The van der Waals surface area contributed by atoms with E-state index in [2.05, 4.69) is 15.3 Å². The summed E-state index contributed by atoms with van der Waals surface area (Å²) >= 11 is 0. The molecule has 1 amide bonds. The zero-order chi connectivity index (χ0) is 13.1. The van der Waals surface area contributed by atoms with E-state index in [0.717, 1.165) is 32.4 Å². The van der Waals surface area contributed by atoms with Crippen LogP contribution in [0, 0.1) is 5.92 Å². The molecule has 3 rings (SSSR count). The number of nitrogens with zero attached hydrogens (tertiary/aromatic N) is 3. The van der Waals surface area contributed by atoms with Crippen LogP contribution in [0.15, 0.2) is 18.5 Å². The van der Waals surface area contributed by atoms with E-state index in [1.165, 1.54) is 12.8 Å². The molecule has 1 saturated carbocycles. The molecule has 1 aliphatic carbocycles. The Balaban J connectivity index is 1.53. The third-order valence-corrected chi connectivity index (χ3v) is 4.10. The lowest BCUT2D eigenvalue weighted by Crippen LogP contribution is -2.35. The van der Waals surface area contributed by atoms with Crippen LogP contribution in [0.5, 0.6) is 0 Å². The predicted octanol–water partition coefficient (Wildman–Crippen LogP) is 1.68. The van der Waals surface area contributed by atoms with Gasteiger partial charge in [0.1, 0.15) is 0 Å². The molecular weight excluding hydrogens is 240 g/mol. The van der Waals surface area contributed by atoms with Gasteiger partial charge in [-0.1, -0.05) is 12.8 Å². The highest BCUT2D eigenvalue weighted by Gasteiger charge is 2.32. The summed E-state index contributed by atoms with van der Waals surface area (Å²) in [6.45, 7) is 1.65. The number of anilines is 1. The van der Waals surface area contributed by atoms with Crippen LogP contribution >= 0.6 is 0 Å². The summed E-state index contributed by atoms with van der Waals surface area (Å²) in [6, 6.07) is 2.09. The molecule has 2 aliphatic rings. The lowest BCUT2D eigenvalue weighted by molar-refractivity contribution is -0.134. The van der Waals surface area contributed by atoms with Gasteiger partial charge in [0.2, 0.25) is 11.9 Å². The van der Waals surface area contributed by atoms with Gasteiger partial charge in [-0.15, -0.1) is 0 Å². The Bertz CT molecular complexity index is 430. The number of hydrogen-bond acceptors (Lipinski definition) is 4. The van der Waals surface area contributed by atoms with Crippen molar-refractivity contribution >= 4 is 11.9 Å². The normalized spacial score (nSPS) is 23.8. The summed E-state index contributed by atoms with van der Waals surface area (Å²) in [4.78, 5) is 22.7. The Hall–Kier alpha value is -1.65. The topological polar surface area (TPSA) is 58.1 Å². The van der Waals surface area contributed by atoms with E-state index in [4.69, 9.17) is 0 Å². The predicted molar refractivity (Wildman–Crippen MR) is 72.6 cm³/mol. The van der Waals surface area contributed by atoms with Gasteiger partial charge in [0.05, 0.1) is 0 Å². The number of hydrogen-bond donors (Lipinski definition) is 1. The quantitative estimate of drug-likeness (QED) is 0.898. The van der Waals surface area contributed by atoms with E-state index in [0.29, 0.717) is 11.9 Å². The maximum absolute atomic E-state index is 12.3. The Morgan fingerprint density at radius 2 is 1.95 bits per heavy atom. The lowest BCUT2D eigenvalue weighted by atomic mass is 10.1. The Morgan fingerprint density at radius 3 is 2.68 bits per heavy atom. The number of likely N-dealkylation sites (tertiary alicyclic amines) is 1.